The summed E-state index contributed by atoms with van der Waals surface area (Å²) >= 11 is 5.96. The minimum Gasteiger partial charge on any atom is -0.325 e. The Labute approximate surface area is 147 Å². The molecule has 3 rings (SSSR count). The highest BCUT2D eigenvalue weighted by atomic mass is 35.5. The summed E-state index contributed by atoms with van der Waals surface area (Å²) in [6, 6.07) is 14.4. The molecule has 0 amide bonds. The predicted molar refractivity (Wildman–Crippen MR) is 94.3 cm³/mol. The summed E-state index contributed by atoms with van der Waals surface area (Å²) in [7, 11) is 1.50. The van der Waals surface area contributed by atoms with Gasteiger partial charge in [-0.2, -0.15) is 5.26 Å². The van der Waals surface area contributed by atoms with E-state index in [0.29, 0.717) is 16.3 Å². The van der Waals surface area contributed by atoms with Gasteiger partial charge < -0.3 is 5.32 Å². The van der Waals surface area contributed by atoms with Gasteiger partial charge in [0.1, 0.15) is 17.4 Å². The van der Waals surface area contributed by atoms with Gasteiger partial charge in [-0.25, -0.2) is 9.37 Å². The molecule has 2 aromatic carbocycles. The lowest BCUT2D eigenvalue weighted by Crippen LogP contribution is -2.24. The molecule has 1 N–H and O–H groups in total. The van der Waals surface area contributed by atoms with Gasteiger partial charge in [0.25, 0.3) is 5.56 Å². The lowest BCUT2D eigenvalue weighted by atomic mass is 10.1. The Hall–Kier alpha value is -3.17. The fourth-order valence-electron chi connectivity index (χ4n) is 2.35. The lowest BCUT2D eigenvalue weighted by Gasteiger charge is -2.13. The van der Waals surface area contributed by atoms with Gasteiger partial charge in [0.05, 0.1) is 5.69 Å². The fourth-order valence-corrected chi connectivity index (χ4v) is 2.54. The summed E-state index contributed by atoms with van der Waals surface area (Å²) in [5.41, 5.74) is 0.425. The van der Waals surface area contributed by atoms with Gasteiger partial charge in [0, 0.05) is 23.3 Å². The van der Waals surface area contributed by atoms with Crippen LogP contribution in [0.4, 0.5) is 16.0 Å². The molecule has 0 saturated carbocycles. The molecule has 3 aromatic rings. The first kappa shape index (κ1) is 16.7. The first-order chi connectivity index (χ1) is 12.0. The Balaban J connectivity index is 2.18. The van der Waals surface area contributed by atoms with Crippen molar-refractivity contribution in [1.29, 1.82) is 5.26 Å². The van der Waals surface area contributed by atoms with E-state index in [-0.39, 0.29) is 17.2 Å². The highest BCUT2D eigenvalue weighted by Gasteiger charge is 2.16. The monoisotopic (exact) mass is 354 g/mol. The lowest BCUT2D eigenvalue weighted by molar-refractivity contribution is 0.628. The number of nitriles is 1. The van der Waals surface area contributed by atoms with Gasteiger partial charge in [0.2, 0.25) is 5.95 Å². The number of nitrogens with one attached hydrogen (secondary N) is 1. The number of hydrogen-bond acceptors (Lipinski definition) is 4. The summed E-state index contributed by atoms with van der Waals surface area (Å²) < 4.78 is 14.8. The van der Waals surface area contributed by atoms with Crippen molar-refractivity contribution in [1.82, 2.24) is 9.55 Å². The number of aromatic nitrogens is 2. The second-order valence-corrected chi connectivity index (χ2v) is 5.72. The van der Waals surface area contributed by atoms with Crippen LogP contribution >= 0.6 is 11.6 Å². The molecule has 0 spiro atoms. The molecule has 7 heteroatoms. The Morgan fingerprint density at radius 2 is 2.00 bits per heavy atom. The molecule has 0 aliphatic heterocycles. The molecular weight excluding hydrogens is 343 g/mol. The summed E-state index contributed by atoms with van der Waals surface area (Å²) in [6.45, 7) is 0. The van der Waals surface area contributed by atoms with E-state index in [2.05, 4.69) is 10.3 Å². The van der Waals surface area contributed by atoms with Gasteiger partial charge in [-0.15, -0.1) is 0 Å². The van der Waals surface area contributed by atoms with Crippen LogP contribution in [0, 0.1) is 17.1 Å². The van der Waals surface area contributed by atoms with Gasteiger partial charge in [-0.1, -0.05) is 29.8 Å². The molecule has 0 aliphatic rings. The smallest absolute Gasteiger partial charge is 0.273 e. The number of nitrogens with zero attached hydrogens (tertiary/aromatic N) is 3. The predicted octanol–water partition coefficient (Wildman–Crippen LogP) is 3.86. The summed E-state index contributed by atoms with van der Waals surface area (Å²) in [5.74, 6) is -0.265. The molecule has 0 unspecified atom stereocenters. The Bertz CT molecular complexity index is 1060. The van der Waals surface area contributed by atoms with E-state index in [1.165, 1.54) is 29.8 Å². The van der Waals surface area contributed by atoms with Crippen molar-refractivity contribution in [2.24, 2.45) is 7.05 Å². The van der Waals surface area contributed by atoms with E-state index in [1.54, 1.807) is 30.3 Å². The third-order valence-corrected chi connectivity index (χ3v) is 3.82. The second-order valence-electron chi connectivity index (χ2n) is 5.28. The molecule has 25 heavy (non-hydrogen) atoms. The van der Waals surface area contributed by atoms with E-state index >= 15 is 0 Å². The average molecular weight is 355 g/mol. The molecule has 1 heterocycles. The Morgan fingerprint density at radius 1 is 1.24 bits per heavy atom. The third-order valence-electron chi connectivity index (χ3n) is 3.58. The SMILES string of the molecule is Cn1c(Nc2cccc(Cl)c2)nc(-c2cccc(F)c2)c(C#N)c1=O. The van der Waals surface area contributed by atoms with Crippen molar-refractivity contribution >= 4 is 23.2 Å². The average Bonchev–Trinajstić information content (AvgIpc) is 2.59. The van der Waals surface area contributed by atoms with E-state index in [0.717, 1.165) is 0 Å². The van der Waals surface area contributed by atoms with Gasteiger partial charge in [0.15, 0.2) is 0 Å². The first-order valence-electron chi connectivity index (χ1n) is 7.29. The normalized spacial score (nSPS) is 10.3. The van der Waals surface area contributed by atoms with Crippen molar-refractivity contribution in [3.8, 4) is 17.3 Å². The van der Waals surface area contributed by atoms with Crippen LogP contribution in [-0.2, 0) is 7.05 Å². The number of benzene rings is 2. The molecule has 0 saturated heterocycles. The number of halogens is 2. The molecule has 124 valence electrons. The van der Waals surface area contributed by atoms with Crippen molar-refractivity contribution in [2.45, 2.75) is 0 Å². The third kappa shape index (κ3) is 3.37. The Morgan fingerprint density at radius 3 is 2.68 bits per heavy atom. The molecule has 0 aliphatic carbocycles. The zero-order valence-corrected chi connectivity index (χ0v) is 13.9. The standard InChI is InChI=1S/C18H12ClFN4O/c1-24-17(25)15(10-21)16(11-4-2-6-13(20)8-11)23-18(24)22-14-7-3-5-12(19)9-14/h2-9H,1H3,(H,22,23). The molecular formula is C18H12ClFN4O. The van der Waals surface area contributed by atoms with Crippen LogP contribution in [0.15, 0.2) is 53.3 Å². The molecule has 0 atom stereocenters. The first-order valence-corrected chi connectivity index (χ1v) is 7.67. The largest absolute Gasteiger partial charge is 0.325 e. The van der Waals surface area contributed by atoms with E-state index < -0.39 is 11.4 Å². The summed E-state index contributed by atoms with van der Waals surface area (Å²) in [4.78, 5) is 16.9. The van der Waals surface area contributed by atoms with Crippen molar-refractivity contribution in [3.63, 3.8) is 0 Å². The van der Waals surface area contributed by atoms with Crippen LogP contribution in [0.1, 0.15) is 5.56 Å². The summed E-state index contributed by atoms with van der Waals surface area (Å²) in [6.07, 6.45) is 0. The second kappa shape index (κ2) is 6.75. The highest BCUT2D eigenvalue weighted by molar-refractivity contribution is 6.30. The van der Waals surface area contributed by atoms with Crippen LogP contribution in [0.2, 0.25) is 5.02 Å². The van der Waals surface area contributed by atoms with Gasteiger partial charge in [-0.3, -0.25) is 9.36 Å². The fraction of sp³-hybridized carbons (Fsp3) is 0.0556. The zero-order chi connectivity index (χ0) is 18.0. The van der Waals surface area contributed by atoms with Crippen LogP contribution in [-0.4, -0.2) is 9.55 Å². The highest BCUT2D eigenvalue weighted by Crippen LogP contribution is 2.24. The van der Waals surface area contributed by atoms with Crippen LogP contribution in [0.5, 0.6) is 0 Å². The molecule has 0 radical (unpaired) electrons. The molecule has 0 fully saturated rings. The van der Waals surface area contributed by atoms with Crippen LogP contribution in [0.25, 0.3) is 11.3 Å². The zero-order valence-electron chi connectivity index (χ0n) is 13.1. The molecule has 0 bridgehead atoms. The number of anilines is 2. The maximum Gasteiger partial charge on any atom is 0.273 e. The molecule has 5 nitrogen and oxygen atoms in total. The van der Waals surface area contributed by atoms with Crippen molar-refractivity contribution in [2.75, 3.05) is 5.32 Å². The summed E-state index contributed by atoms with van der Waals surface area (Å²) in [5, 5.41) is 12.9. The maximum absolute atomic E-state index is 13.5. The van der Waals surface area contributed by atoms with Crippen molar-refractivity contribution in [3.05, 3.63) is 75.3 Å². The minimum absolute atomic E-state index is 0.120. The van der Waals surface area contributed by atoms with E-state index in [4.69, 9.17) is 11.6 Å². The number of hydrogen-bond donors (Lipinski definition) is 1. The van der Waals surface area contributed by atoms with E-state index in [9.17, 15) is 14.4 Å². The van der Waals surface area contributed by atoms with Crippen LogP contribution in [0.3, 0.4) is 0 Å². The quantitative estimate of drug-likeness (QED) is 0.775. The van der Waals surface area contributed by atoms with E-state index in [1.807, 2.05) is 6.07 Å². The van der Waals surface area contributed by atoms with Gasteiger partial charge >= 0.3 is 0 Å². The minimum atomic E-state index is -0.527. The molecule has 1 aromatic heterocycles. The van der Waals surface area contributed by atoms with Crippen LogP contribution < -0.4 is 10.9 Å². The number of rotatable bonds is 3. The Kier molecular flexibility index (Phi) is 4.50. The van der Waals surface area contributed by atoms with Gasteiger partial charge in [-0.05, 0) is 30.3 Å². The van der Waals surface area contributed by atoms with Crippen molar-refractivity contribution < 1.29 is 4.39 Å². The maximum atomic E-state index is 13.5. The topological polar surface area (TPSA) is 70.7 Å².